The van der Waals surface area contributed by atoms with Crippen molar-refractivity contribution < 1.29 is 9.53 Å². The Morgan fingerprint density at radius 1 is 1.17 bits per heavy atom. The van der Waals surface area contributed by atoms with Crippen LogP contribution in [-0.4, -0.2) is 18.9 Å². The van der Waals surface area contributed by atoms with E-state index >= 15 is 0 Å². The Morgan fingerprint density at radius 2 is 1.83 bits per heavy atom. The summed E-state index contributed by atoms with van der Waals surface area (Å²) >= 11 is 0. The Labute approximate surface area is 108 Å². The first-order valence-electron chi connectivity index (χ1n) is 6.74. The minimum atomic E-state index is 0.410. The molecule has 1 aromatic carbocycles. The number of carbonyl (C=O) groups is 1. The Morgan fingerprint density at radius 3 is 2.44 bits per heavy atom. The smallest absolute Gasteiger partial charge is 0.132 e. The topological polar surface area (TPSA) is 52.3 Å². The second kappa shape index (κ2) is 6.55. The lowest BCUT2D eigenvalue weighted by molar-refractivity contribution is -0.120. The van der Waals surface area contributed by atoms with Crippen molar-refractivity contribution in [3.63, 3.8) is 0 Å². The van der Waals surface area contributed by atoms with Crippen molar-refractivity contribution in [3.05, 3.63) is 29.8 Å². The van der Waals surface area contributed by atoms with Gasteiger partial charge < -0.3 is 10.5 Å². The monoisotopic (exact) mass is 247 g/mol. The number of carbonyl (C=O) groups excluding carboxylic acids is 1. The molecule has 0 spiro atoms. The fourth-order valence-electron chi connectivity index (χ4n) is 2.38. The number of nitrogens with two attached hydrogens (primary N) is 1. The molecule has 0 aromatic heterocycles. The summed E-state index contributed by atoms with van der Waals surface area (Å²) in [5.41, 5.74) is 6.75. The first-order chi connectivity index (χ1) is 8.79. The lowest BCUT2D eigenvalue weighted by atomic mass is 9.83. The molecule has 0 heterocycles. The van der Waals surface area contributed by atoms with E-state index in [-0.39, 0.29) is 0 Å². The van der Waals surface area contributed by atoms with Crippen LogP contribution < -0.4 is 10.5 Å². The fraction of sp³-hybridized carbons (Fsp3) is 0.533. The van der Waals surface area contributed by atoms with Gasteiger partial charge in [-0.25, -0.2) is 0 Å². The predicted molar refractivity (Wildman–Crippen MR) is 71.8 cm³/mol. The summed E-state index contributed by atoms with van der Waals surface area (Å²) in [5, 5.41) is 0. The van der Waals surface area contributed by atoms with Gasteiger partial charge in [0.2, 0.25) is 0 Å². The van der Waals surface area contributed by atoms with Crippen LogP contribution in [0.4, 0.5) is 0 Å². The van der Waals surface area contributed by atoms with Crippen molar-refractivity contribution in [2.24, 2.45) is 5.73 Å². The SMILES string of the molecule is NCCCOc1ccc(C2CCC(=O)CC2)cc1. The standard InChI is InChI=1S/C15H21NO2/c16-10-1-11-18-15-8-4-13(5-9-15)12-2-6-14(17)7-3-12/h4-5,8-9,12H,1-3,6-7,10-11,16H2. The molecule has 1 aliphatic rings. The van der Waals surface area contributed by atoms with E-state index in [0.29, 0.717) is 24.9 Å². The summed E-state index contributed by atoms with van der Waals surface area (Å²) < 4.78 is 5.57. The van der Waals surface area contributed by atoms with Gasteiger partial charge in [0.15, 0.2) is 0 Å². The normalized spacial score (nSPS) is 16.8. The molecule has 1 aliphatic carbocycles. The first kappa shape index (κ1) is 13.1. The molecule has 98 valence electrons. The van der Waals surface area contributed by atoms with Crippen molar-refractivity contribution >= 4 is 5.78 Å². The van der Waals surface area contributed by atoms with E-state index in [4.69, 9.17) is 10.5 Å². The van der Waals surface area contributed by atoms with E-state index in [1.54, 1.807) is 0 Å². The lowest BCUT2D eigenvalue weighted by Gasteiger charge is -2.21. The van der Waals surface area contributed by atoms with Crippen LogP contribution in [0.2, 0.25) is 0 Å². The molecule has 1 saturated carbocycles. The van der Waals surface area contributed by atoms with Gasteiger partial charge in [0.1, 0.15) is 11.5 Å². The van der Waals surface area contributed by atoms with Gasteiger partial charge >= 0.3 is 0 Å². The molecular formula is C15H21NO2. The maximum atomic E-state index is 11.2. The van der Waals surface area contributed by atoms with Gasteiger partial charge in [-0.05, 0) is 49.4 Å². The molecule has 3 heteroatoms. The molecule has 1 fully saturated rings. The van der Waals surface area contributed by atoms with Gasteiger partial charge in [0.05, 0.1) is 6.61 Å². The van der Waals surface area contributed by atoms with Crippen LogP contribution in [0.1, 0.15) is 43.6 Å². The zero-order valence-electron chi connectivity index (χ0n) is 10.7. The van der Waals surface area contributed by atoms with E-state index in [1.165, 1.54) is 5.56 Å². The Hall–Kier alpha value is -1.35. The predicted octanol–water partition coefficient (Wildman–Crippen LogP) is 2.64. The molecule has 1 aromatic rings. The highest BCUT2D eigenvalue weighted by Crippen LogP contribution is 2.31. The molecule has 0 unspecified atom stereocenters. The van der Waals surface area contributed by atoms with Crippen LogP contribution in [-0.2, 0) is 4.79 Å². The summed E-state index contributed by atoms with van der Waals surface area (Å²) in [5.74, 6) is 1.85. The molecule has 2 rings (SSSR count). The zero-order chi connectivity index (χ0) is 12.8. The highest BCUT2D eigenvalue weighted by Gasteiger charge is 2.19. The van der Waals surface area contributed by atoms with Crippen LogP contribution in [0.3, 0.4) is 0 Å². The Balaban J connectivity index is 1.89. The lowest BCUT2D eigenvalue weighted by Crippen LogP contribution is -2.12. The molecule has 3 nitrogen and oxygen atoms in total. The van der Waals surface area contributed by atoms with Gasteiger partial charge in [-0.1, -0.05) is 12.1 Å². The van der Waals surface area contributed by atoms with Gasteiger partial charge in [-0.2, -0.15) is 0 Å². The number of hydrogen-bond donors (Lipinski definition) is 1. The van der Waals surface area contributed by atoms with Gasteiger partial charge in [0.25, 0.3) is 0 Å². The first-order valence-corrected chi connectivity index (χ1v) is 6.74. The molecule has 0 saturated heterocycles. The highest BCUT2D eigenvalue weighted by molar-refractivity contribution is 5.79. The second-order valence-electron chi connectivity index (χ2n) is 4.87. The Bertz CT molecular complexity index is 376. The highest BCUT2D eigenvalue weighted by atomic mass is 16.5. The summed E-state index contributed by atoms with van der Waals surface area (Å²) in [6.45, 7) is 1.34. The van der Waals surface area contributed by atoms with Crippen molar-refractivity contribution in [2.75, 3.05) is 13.2 Å². The van der Waals surface area contributed by atoms with Crippen LogP contribution >= 0.6 is 0 Å². The maximum absolute atomic E-state index is 11.2. The fourth-order valence-corrected chi connectivity index (χ4v) is 2.38. The molecule has 0 radical (unpaired) electrons. The summed E-state index contributed by atoms with van der Waals surface area (Å²) in [4.78, 5) is 11.2. The van der Waals surface area contributed by atoms with Crippen LogP contribution in [0.15, 0.2) is 24.3 Å². The maximum Gasteiger partial charge on any atom is 0.132 e. The average Bonchev–Trinajstić information content (AvgIpc) is 2.41. The largest absolute Gasteiger partial charge is 0.494 e. The third-order valence-electron chi connectivity index (χ3n) is 3.51. The van der Waals surface area contributed by atoms with Gasteiger partial charge in [0, 0.05) is 12.8 Å². The van der Waals surface area contributed by atoms with Crippen LogP contribution in [0.25, 0.3) is 0 Å². The average molecular weight is 247 g/mol. The molecule has 0 aliphatic heterocycles. The summed E-state index contributed by atoms with van der Waals surface area (Å²) in [7, 11) is 0. The molecule has 0 amide bonds. The molecular weight excluding hydrogens is 226 g/mol. The van der Waals surface area contributed by atoms with Crippen molar-refractivity contribution in [2.45, 2.75) is 38.0 Å². The van der Waals surface area contributed by atoms with Crippen LogP contribution in [0, 0.1) is 0 Å². The summed E-state index contributed by atoms with van der Waals surface area (Å²) in [6.07, 6.45) is 4.34. The number of hydrogen-bond acceptors (Lipinski definition) is 3. The van der Waals surface area contributed by atoms with Crippen molar-refractivity contribution in [3.8, 4) is 5.75 Å². The van der Waals surface area contributed by atoms with Gasteiger partial charge in [-0.3, -0.25) is 4.79 Å². The Kier molecular flexibility index (Phi) is 4.76. The number of Topliss-reactive ketones (excluding diaryl/α,β-unsaturated/α-hetero) is 1. The van der Waals surface area contributed by atoms with E-state index in [1.807, 2.05) is 12.1 Å². The third-order valence-corrected chi connectivity index (χ3v) is 3.51. The van der Waals surface area contributed by atoms with E-state index < -0.39 is 0 Å². The van der Waals surface area contributed by atoms with E-state index in [2.05, 4.69) is 12.1 Å². The number of rotatable bonds is 5. The molecule has 0 bridgehead atoms. The van der Waals surface area contributed by atoms with E-state index in [0.717, 1.165) is 37.9 Å². The number of ketones is 1. The zero-order valence-corrected chi connectivity index (χ0v) is 10.7. The number of ether oxygens (including phenoxy) is 1. The third kappa shape index (κ3) is 3.57. The molecule has 2 N–H and O–H groups in total. The van der Waals surface area contributed by atoms with Crippen molar-refractivity contribution in [1.82, 2.24) is 0 Å². The minimum absolute atomic E-state index is 0.410. The van der Waals surface area contributed by atoms with Gasteiger partial charge in [-0.15, -0.1) is 0 Å². The molecule has 18 heavy (non-hydrogen) atoms. The van der Waals surface area contributed by atoms with E-state index in [9.17, 15) is 4.79 Å². The second-order valence-corrected chi connectivity index (χ2v) is 4.87. The van der Waals surface area contributed by atoms with Crippen LogP contribution in [0.5, 0.6) is 5.75 Å². The van der Waals surface area contributed by atoms with Crippen molar-refractivity contribution in [1.29, 1.82) is 0 Å². The minimum Gasteiger partial charge on any atom is -0.494 e. The quantitative estimate of drug-likeness (QED) is 0.814. The molecule has 0 atom stereocenters. The number of benzene rings is 1. The summed E-state index contributed by atoms with van der Waals surface area (Å²) in [6, 6.07) is 8.28.